The van der Waals surface area contributed by atoms with Gasteiger partial charge in [-0.25, -0.2) is 4.98 Å². The predicted molar refractivity (Wildman–Crippen MR) is 206 cm³/mol. The molecule has 10 rings (SSSR count). The maximum atomic E-state index is 6.74. The van der Waals surface area contributed by atoms with Gasteiger partial charge in [0.2, 0.25) is 5.28 Å². The first-order valence-electron chi connectivity index (χ1n) is 16.5. The molecule has 0 spiro atoms. The summed E-state index contributed by atoms with van der Waals surface area (Å²) in [6.45, 7) is 0. The molecular formula is C45H26ClN3O. The number of rotatable bonds is 4. The molecule has 0 bridgehead atoms. The van der Waals surface area contributed by atoms with Crippen molar-refractivity contribution < 1.29 is 4.42 Å². The quantitative estimate of drug-likeness (QED) is 0.176. The Kier molecular flexibility index (Phi) is 6.51. The lowest BCUT2D eigenvalue weighted by Crippen LogP contribution is -1.99. The molecule has 2 aromatic heterocycles. The molecule has 8 aromatic carbocycles. The highest BCUT2D eigenvalue weighted by molar-refractivity contribution is 6.28. The van der Waals surface area contributed by atoms with E-state index in [4.69, 9.17) is 26.0 Å². The lowest BCUT2D eigenvalue weighted by atomic mass is 9.92. The van der Waals surface area contributed by atoms with E-state index < -0.39 is 0 Å². The second kappa shape index (κ2) is 11.4. The maximum Gasteiger partial charge on any atom is 0.226 e. The minimum Gasteiger partial charge on any atom is -0.456 e. The molecule has 4 nitrogen and oxygen atoms in total. The summed E-state index contributed by atoms with van der Waals surface area (Å²) in [5, 5.41) is 9.22. The molecule has 234 valence electrons. The van der Waals surface area contributed by atoms with E-state index in [1.807, 2.05) is 30.3 Å². The lowest BCUT2D eigenvalue weighted by molar-refractivity contribution is 0.669. The minimum atomic E-state index is 0.140. The van der Waals surface area contributed by atoms with E-state index in [1.54, 1.807) is 0 Å². The summed E-state index contributed by atoms with van der Waals surface area (Å²) in [4.78, 5) is 14.5. The Balaban J connectivity index is 1.20. The fraction of sp³-hybridized carbons (Fsp3) is 0. The number of nitrogens with zero attached hydrogens (tertiary/aromatic N) is 3. The van der Waals surface area contributed by atoms with Crippen molar-refractivity contribution in [2.75, 3.05) is 0 Å². The van der Waals surface area contributed by atoms with Gasteiger partial charge in [0.1, 0.15) is 11.2 Å². The largest absolute Gasteiger partial charge is 0.456 e. The van der Waals surface area contributed by atoms with Crippen LogP contribution in [0.4, 0.5) is 0 Å². The number of furan rings is 1. The SMILES string of the molecule is Clc1nc(-c2cc(-c3ccc4c(c3)oc3ccccc34)c3ccc4ccccc4c3c2)nc(-c2ccccc2-c2cccc3ccccc23)n1. The van der Waals surface area contributed by atoms with Crippen molar-refractivity contribution in [1.82, 2.24) is 15.0 Å². The normalized spacial score (nSPS) is 11.7. The average molecular weight is 660 g/mol. The molecule has 0 saturated heterocycles. The van der Waals surface area contributed by atoms with Crippen LogP contribution in [-0.2, 0) is 0 Å². The monoisotopic (exact) mass is 659 g/mol. The topological polar surface area (TPSA) is 51.8 Å². The van der Waals surface area contributed by atoms with Gasteiger partial charge in [-0.15, -0.1) is 0 Å². The van der Waals surface area contributed by atoms with Gasteiger partial charge in [0.25, 0.3) is 0 Å². The van der Waals surface area contributed by atoms with Crippen LogP contribution >= 0.6 is 11.6 Å². The van der Waals surface area contributed by atoms with E-state index in [9.17, 15) is 0 Å². The number of hydrogen-bond acceptors (Lipinski definition) is 4. The smallest absolute Gasteiger partial charge is 0.226 e. The first-order chi connectivity index (χ1) is 24.7. The Bertz CT molecular complexity index is 2960. The van der Waals surface area contributed by atoms with Gasteiger partial charge < -0.3 is 4.42 Å². The van der Waals surface area contributed by atoms with E-state index in [0.717, 1.165) is 82.3 Å². The molecule has 0 aliphatic heterocycles. The van der Waals surface area contributed by atoms with Crippen molar-refractivity contribution in [3.63, 3.8) is 0 Å². The van der Waals surface area contributed by atoms with Gasteiger partial charge in [-0.05, 0) is 96.5 Å². The van der Waals surface area contributed by atoms with E-state index in [1.165, 1.54) is 5.39 Å². The van der Waals surface area contributed by atoms with Crippen molar-refractivity contribution in [2.24, 2.45) is 0 Å². The van der Waals surface area contributed by atoms with Crippen LogP contribution in [0.25, 0.3) is 99.3 Å². The highest BCUT2D eigenvalue weighted by Crippen LogP contribution is 2.40. The molecule has 0 N–H and O–H groups in total. The van der Waals surface area contributed by atoms with Crippen LogP contribution in [0.5, 0.6) is 0 Å². The first kappa shape index (κ1) is 28.6. The Morgan fingerprint density at radius 1 is 0.360 bits per heavy atom. The Morgan fingerprint density at radius 2 is 1.00 bits per heavy atom. The van der Waals surface area contributed by atoms with Gasteiger partial charge in [-0.2, -0.15) is 9.97 Å². The van der Waals surface area contributed by atoms with Crippen LogP contribution in [-0.4, -0.2) is 15.0 Å². The van der Waals surface area contributed by atoms with Gasteiger partial charge >= 0.3 is 0 Å². The highest BCUT2D eigenvalue weighted by Gasteiger charge is 2.18. The highest BCUT2D eigenvalue weighted by atomic mass is 35.5. The second-order valence-corrected chi connectivity index (χ2v) is 12.9. The molecule has 0 amide bonds. The zero-order valence-electron chi connectivity index (χ0n) is 26.6. The van der Waals surface area contributed by atoms with Gasteiger partial charge in [0.05, 0.1) is 0 Å². The molecule has 0 saturated carbocycles. The Labute approximate surface area is 292 Å². The van der Waals surface area contributed by atoms with Crippen LogP contribution in [0.2, 0.25) is 5.28 Å². The fourth-order valence-electron chi connectivity index (χ4n) is 7.35. The third-order valence-electron chi connectivity index (χ3n) is 9.66. The molecule has 0 radical (unpaired) electrons. The van der Waals surface area contributed by atoms with Crippen molar-refractivity contribution in [2.45, 2.75) is 0 Å². The number of aromatic nitrogens is 3. The van der Waals surface area contributed by atoms with Gasteiger partial charge in [-0.3, -0.25) is 0 Å². The third kappa shape index (κ3) is 4.65. The van der Waals surface area contributed by atoms with Crippen LogP contribution < -0.4 is 0 Å². The van der Waals surface area contributed by atoms with Crippen LogP contribution in [0.3, 0.4) is 0 Å². The number of hydrogen-bond donors (Lipinski definition) is 0. The van der Waals surface area contributed by atoms with E-state index in [-0.39, 0.29) is 5.28 Å². The number of halogens is 1. The minimum absolute atomic E-state index is 0.140. The summed E-state index contributed by atoms with van der Waals surface area (Å²) in [6.07, 6.45) is 0. The van der Waals surface area contributed by atoms with Crippen molar-refractivity contribution in [3.05, 3.63) is 163 Å². The van der Waals surface area contributed by atoms with E-state index in [2.05, 4.69) is 132 Å². The zero-order valence-corrected chi connectivity index (χ0v) is 27.4. The van der Waals surface area contributed by atoms with Gasteiger partial charge in [-0.1, -0.05) is 127 Å². The Hall–Kier alpha value is -6.36. The average Bonchev–Trinajstić information content (AvgIpc) is 3.55. The maximum absolute atomic E-state index is 6.74. The first-order valence-corrected chi connectivity index (χ1v) is 16.9. The molecule has 0 unspecified atom stereocenters. The molecule has 2 heterocycles. The molecular weight excluding hydrogens is 634 g/mol. The van der Waals surface area contributed by atoms with E-state index in [0.29, 0.717) is 11.6 Å². The summed E-state index contributed by atoms with van der Waals surface area (Å²) >= 11 is 6.74. The number of para-hydroxylation sites is 1. The molecule has 5 heteroatoms. The summed E-state index contributed by atoms with van der Waals surface area (Å²) in [5.74, 6) is 1.03. The van der Waals surface area contributed by atoms with Gasteiger partial charge in [0, 0.05) is 21.9 Å². The Morgan fingerprint density at radius 3 is 1.88 bits per heavy atom. The summed E-state index contributed by atoms with van der Waals surface area (Å²) in [7, 11) is 0. The predicted octanol–water partition coefficient (Wildman–Crippen LogP) is 12.6. The summed E-state index contributed by atoms with van der Waals surface area (Å²) in [6, 6.07) is 54.8. The molecule has 0 aliphatic carbocycles. The molecule has 0 atom stereocenters. The molecule has 0 fully saturated rings. The lowest BCUT2D eigenvalue weighted by Gasteiger charge is -2.14. The molecule has 50 heavy (non-hydrogen) atoms. The van der Waals surface area contributed by atoms with Crippen LogP contribution in [0.1, 0.15) is 0 Å². The standard InChI is InChI=1S/C45H26ClN3O/c46-45-48-43(47-44(49-45)38-17-6-5-15-34(38)33-18-9-12-27-10-1-3-13-31(27)33)30-24-39(35-22-20-28-11-2-4-14-32(28)40(35)25-30)29-21-23-37-36-16-7-8-19-41(36)50-42(37)26-29/h1-26H. The number of fused-ring (bicyclic) bond motifs is 7. The second-order valence-electron chi connectivity index (χ2n) is 12.5. The van der Waals surface area contributed by atoms with Crippen molar-refractivity contribution >= 4 is 65.9 Å². The summed E-state index contributed by atoms with van der Waals surface area (Å²) < 4.78 is 6.32. The molecule has 10 aromatic rings. The fourth-order valence-corrected chi connectivity index (χ4v) is 7.51. The van der Waals surface area contributed by atoms with Crippen LogP contribution in [0.15, 0.2) is 162 Å². The molecule has 0 aliphatic rings. The van der Waals surface area contributed by atoms with E-state index >= 15 is 0 Å². The van der Waals surface area contributed by atoms with Gasteiger partial charge in [0.15, 0.2) is 11.6 Å². The van der Waals surface area contributed by atoms with Crippen molar-refractivity contribution in [1.29, 1.82) is 0 Å². The van der Waals surface area contributed by atoms with Crippen molar-refractivity contribution in [3.8, 4) is 45.0 Å². The number of benzene rings is 8. The zero-order chi connectivity index (χ0) is 33.2. The third-order valence-corrected chi connectivity index (χ3v) is 9.83. The summed E-state index contributed by atoms with van der Waals surface area (Å²) in [5.41, 5.74) is 7.69. The van der Waals surface area contributed by atoms with Crippen LogP contribution in [0, 0.1) is 0 Å².